The van der Waals surface area contributed by atoms with Crippen LogP contribution in [0.2, 0.25) is 0 Å². The third-order valence-corrected chi connectivity index (χ3v) is 4.09. The van der Waals surface area contributed by atoms with Crippen molar-refractivity contribution in [2.45, 2.75) is 12.0 Å². The molecule has 5 heteroatoms. The van der Waals surface area contributed by atoms with Gasteiger partial charge in [-0.3, -0.25) is 4.79 Å². The maximum Gasteiger partial charge on any atom is 0.245 e. The van der Waals surface area contributed by atoms with E-state index in [1.165, 1.54) is 18.2 Å². The average Bonchev–Trinajstić information content (AvgIpc) is 2.87. The number of rotatable bonds is 3. The molecule has 1 aromatic carbocycles. The van der Waals surface area contributed by atoms with E-state index in [1.807, 2.05) is 0 Å². The largest absolute Gasteiger partial charge is 0.333 e. The molecule has 3 nitrogen and oxygen atoms in total. The van der Waals surface area contributed by atoms with Crippen LogP contribution >= 0.6 is 11.8 Å². The molecule has 1 N–H and O–H groups in total. The Hall–Kier alpha value is -1.80. The van der Waals surface area contributed by atoms with Crippen LogP contribution in [-0.4, -0.2) is 23.0 Å². The Balaban J connectivity index is 1.98. The Morgan fingerprint density at radius 2 is 2.21 bits per heavy atom. The lowest BCUT2D eigenvalue weighted by atomic mass is 10.0. The summed E-state index contributed by atoms with van der Waals surface area (Å²) < 4.78 is 12.7. The van der Waals surface area contributed by atoms with Gasteiger partial charge >= 0.3 is 0 Å². The van der Waals surface area contributed by atoms with E-state index in [0.29, 0.717) is 12.2 Å². The van der Waals surface area contributed by atoms with Gasteiger partial charge in [-0.15, -0.1) is 0 Å². The molecule has 1 aromatic rings. The third kappa shape index (κ3) is 3.58. The maximum atomic E-state index is 12.7. The number of carbonyl (C=O) groups excluding carboxylic acids is 1. The highest BCUT2D eigenvalue weighted by Gasteiger charge is 2.35. The summed E-state index contributed by atoms with van der Waals surface area (Å²) in [6, 6.07) is 8.02. The summed E-state index contributed by atoms with van der Waals surface area (Å²) in [5.41, 5.74) is -0.00197. The first-order valence-electron chi connectivity index (χ1n) is 5.88. The highest BCUT2D eigenvalue weighted by molar-refractivity contribution is 7.99. The molecule has 1 fully saturated rings. The Kier molecular flexibility index (Phi) is 4.23. The molecule has 1 heterocycles. The van der Waals surface area contributed by atoms with Gasteiger partial charge in [0.25, 0.3) is 0 Å². The minimum absolute atomic E-state index is 0.298. The predicted octanol–water partition coefficient (Wildman–Crippen LogP) is 2.35. The summed E-state index contributed by atoms with van der Waals surface area (Å²) in [5.74, 6) is 0.899. The average molecular weight is 276 g/mol. The van der Waals surface area contributed by atoms with Crippen LogP contribution in [0.15, 0.2) is 30.3 Å². The molecular formula is C14H13FN2OS. The standard InChI is InChI=1S/C14H13FN2OS/c15-12-4-1-11(2-5-12)3-6-13(18)17-14(9-16)7-8-19-10-14/h1-6H,7-8,10H2,(H,17,18)/b6-3+/t14-/m0/s1. The van der Waals surface area contributed by atoms with Crippen LogP contribution in [0.4, 0.5) is 4.39 Å². The molecule has 1 amide bonds. The van der Waals surface area contributed by atoms with Gasteiger partial charge in [0.1, 0.15) is 11.4 Å². The zero-order valence-corrected chi connectivity index (χ0v) is 11.0. The second kappa shape index (κ2) is 5.89. The molecule has 1 atom stereocenters. The summed E-state index contributed by atoms with van der Waals surface area (Å²) in [7, 11) is 0. The maximum absolute atomic E-state index is 12.7. The van der Waals surface area contributed by atoms with Gasteiger partial charge in [0.15, 0.2) is 0 Å². The van der Waals surface area contributed by atoms with Gasteiger partial charge in [-0.25, -0.2) is 4.39 Å². The zero-order chi connectivity index (χ0) is 13.7. The van der Waals surface area contributed by atoms with E-state index in [2.05, 4.69) is 11.4 Å². The van der Waals surface area contributed by atoms with E-state index >= 15 is 0 Å². The Morgan fingerprint density at radius 3 is 2.79 bits per heavy atom. The summed E-state index contributed by atoms with van der Waals surface area (Å²) >= 11 is 1.66. The first-order chi connectivity index (χ1) is 9.13. The summed E-state index contributed by atoms with van der Waals surface area (Å²) in [5, 5.41) is 11.9. The van der Waals surface area contributed by atoms with Crippen molar-refractivity contribution in [3.63, 3.8) is 0 Å². The minimum atomic E-state index is -0.741. The van der Waals surface area contributed by atoms with Crippen LogP contribution in [0.3, 0.4) is 0 Å². The lowest BCUT2D eigenvalue weighted by Gasteiger charge is -2.19. The van der Waals surface area contributed by atoms with Crippen molar-refractivity contribution in [2.24, 2.45) is 0 Å². The monoisotopic (exact) mass is 276 g/mol. The molecule has 1 aliphatic heterocycles. The molecule has 0 radical (unpaired) electrons. The van der Waals surface area contributed by atoms with Crippen molar-refractivity contribution in [1.29, 1.82) is 5.26 Å². The SMILES string of the molecule is N#C[C@@]1(NC(=O)/C=C/c2ccc(F)cc2)CCSC1. The fourth-order valence-corrected chi connectivity index (χ4v) is 3.07. The number of thioether (sulfide) groups is 1. The molecular weight excluding hydrogens is 263 g/mol. The zero-order valence-electron chi connectivity index (χ0n) is 10.2. The second-order valence-corrected chi connectivity index (χ2v) is 5.48. The Labute approximate surface area is 115 Å². The molecule has 0 bridgehead atoms. The number of carbonyl (C=O) groups is 1. The topological polar surface area (TPSA) is 52.9 Å². The number of halogens is 1. The van der Waals surface area contributed by atoms with E-state index in [4.69, 9.17) is 5.26 Å². The number of hydrogen-bond donors (Lipinski definition) is 1. The highest BCUT2D eigenvalue weighted by Crippen LogP contribution is 2.27. The summed E-state index contributed by atoms with van der Waals surface area (Å²) in [6.45, 7) is 0. The highest BCUT2D eigenvalue weighted by atomic mass is 32.2. The Bertz CT molecular complexity index is 527. The van der Waals surface area contributed by atoms with Crippen LogP contribution in [0, 0.1) is 17.1 Å². The van der Waals surface area contributed by atoms with Gasteiger partial charge < -0.3 is 5.32 Å². The first kappa shape index (κ1) is 13.6. The van der Waals surface area contributed by atoms with Crippen LogP contribution in [0.5, 0.6) is 0 Å². The number of nitrogens with zero attached hydrogens (tertiary/aromatic N) is 1. The van der Waals surface area contributed by atoms with Crippen molar-refractivity contribution in [2.75, 3.05) is 11.5 Å². The van der Waals surface area contributed by atoms with Crippen LogP contribution in [-0.2, 0) is 4.79 Å². The van der Waals surface area contributed by atoms with E-state index < -0.39 is 5.54 Å². The van der Waals surface area contributed by atoms with E-state index in [1.54, 1.807) is 30.0 Å². The van der Waals surface area contributed by atoms with Gasteiger partial charge in [0.05, 0.1) is 6.07 Å². The van der Waals surface area contributed by atoms with Gasteiger partial charge in [-0.1, -0.05) is 12.1 Å². The molecule has 0 saturated carbocycles. The van der Waals surface area contributed by atoms with Crippen molar-refractivity contribution in [3.8, 4) is 6.07 Å². The minimum Gasteiger partial charge on any atom is -0.333 e. The predicted molar refractivity (Wildman–Crippen MR) is 73.9 cm³/mol. The summed E-state index contributed by atoms with van der Waals surface area (Å²) in [4.78, 5) is 11.8. The van der Waals surface area contributed by atoms with Crippen molar-refractivity contribution in [1.82, 2.24) is 5.32 Å². The van der Waals surface area contributed by atoms with Gasteiger partial charge in [0.2, 0.25) is 5.91 Å². The Morgan fingerprint density at radius 1 is 1.47 bits per heavy atom. The normalized spacial score (nSPS) is 22.3. The van der Waals surface area contributed by atoms with Crippen molar-refractivity contribution >= 4 is 23.7 Å². The van der Waals surface area contributed by atoms with Gasteiger partial charge in [-0.05, 0) is 35.9 Å². The smallest absolute Gasteiger partial charge is 0.245 e. The van der Waals surface area contributed by atoms with Crippen molar-refractivity contribution in [3.05, 3.63) is 41.7 Å². The number of benzene rings is 1. The molecule has 2 rings (SSSR count). The molecule has 1 saturated heterocycles. The fourth-order valence-electron chi connectivity index (χ4n) is 1.80. The molecule has 19 heavy (non-hydrogen) atoms. The number of nitriles is 1. The van der Waals surface area contributed by atoms with Crippen LogP contribution in [0.1, 0.15) is 12.0 Å². The van der Waals surface area contributed by atoms with Crippen LogP contribution < -0.4 is 5.32 Å². The second-order valence-electron chi connectivity index (χ2n) is 4.37. The molecule has 0 unspecified atom stereocenters. The first-order valence-corrected chi connectivity index (χ1v) is 7.04. The number of hydrogen-bond acceptors (Lipinski definition) is 3. The lowest BCUT2D eigenvalue weighted by molar-refractivity contribution is -0.117. The third-order valence-electron chi connectivity index (χ3n) is 2.90. The molecule has 0 aliphatic carbocycles. The van der Waals surface area contributed by atoms with Crippen molar-refractivity contribution < 1.29 is 9.18 Å². The van der Waals surface area contributed by atoms with Crippen LogP contribution in [0.25, 0.3) is 6.08 Å². The van der Waals surface area contributed by atoms with Gasteiger partial charge in [0, 0.05) is 11.8 Å². The summed E-state index contributed by atoms with van der Waals surface area (Å²) in [6.07, 6.45) is 3.64. The molecule has 1 aliphatic rings. The molecule has 0 aromatic heterocycles. The van der Waals surface area contributed by atoms with Gasteiger partial charge in [-0.2, -0.15) is 17.0 Å². The number of nitrogens with one attached hydrogen (secondary N) is 1. The van der Waals surface area contributed by atoms with E-state index in [9.17, 15) is 9.18 Å². The fraction of sp³-hybridized carbons (Fsp3) is 0.286. The lowest BCUT2D eigenvalue weighted by Crippen LogP contribution is -2.46. The molecule has 98 valence electrons. The van der Waals surface area contributed by atoms with E-state index in [-0.39, 0.29) is 11.7 Å². The van der Waals surface area contributed by atoms with E-state index in [0.717, 1.165) is 11.3 Å². The quantitative estimate of drug-likeness (QED) is 0.862. The number of amides is 1. The molecule has 0 spiro atoms.